The van der Waals surface area contributed by atoms with Crippen LogP contribution in [-0.2, 0) is 4.74 Å². The topological polar surface area (TPSA) is 45.8 Å². The van der Waals surface area contributed by atoms with Gasteiger partial charge in [-0.3, -0.25) is 4.90 Å². The summed E-state index contributed by atoms with van der Waals surface area (Å²) in [7, 11) is 1.70. The number of nitrogens with zero attached hydrogens (tertiary/aromatic N) is 1. The number of thiocarbonyl (C=S) groups is 1. The molecule has 3 rings (SSSR count). The van der Waals surface area contributed by atoms with E-state index in [-0.39, 0.29) is 6.04 Å². The Hall–Kier alpha value is -1.37. The van der Waals surface area contributed by atoms with Crippen molar-refractivity contribution in [3.05, 3.63) is 29.8 Å². The number of rotatable bonds is 6. The SMILES string of the molecule is COc1ccc(C(CNC(=S)NC2CCCCC2)N2CCOCC2)cc1. The van der Waals surface area contributed by atoms with Crippen LogP contribution in [-0.4, -0.2) is 56.0 Å². The first-order valence-electron chi connectivity index (χ1n) is 9.76. The molecule has 144 valence electrons. The Morgan fingerprint density at radius 1 is 1.19 bits per heavy atom. The predicted molar refractivity (Wildman–Crippen MR) is 109 cm³/mol. The van der Waals surface area contributed by atoms with Gasteiger partial charge in [0, 0.05) is 25.7 Å². The van der Waals surface area contributed by atoms with Crippen molar-refractivity contribution in [3.8, 4) is 5.75 Å². The van der Waals surface area contributed by atoms with Gasteiger partial charge >= 0.3 is 0 Å². The van der Waals surface area contributed by atoms with E-state index in [1.807, 2.05) is 12.1 Å². The molecule has 1 saturated heterocycles. The molecule has 1 heterocycles. The van der Waals surface area contributed by atoms with E-state index >= 15 is 0 Å². The first kappa shape index (κ1) is 19.4. The van der Waals surface area contributed by atoms with Gasteiger partial charge in [-0.15, -0.1) is 0 Å². The molecule has 0 radical (unpaired) electrons. The van der Waals surface area contributed by atoms with Crippen molar-refractivity contribution in [2.24, 2.45) is 0 Å². The lowest BCUT2D eigenvalue weighted by atomic mass is 9.96. The number of morpholine rings is 1. The molecular formula is C20H31N3O2S. The van der Waals surface area contributed by atoms with Gasteiger partial charge in [0.25, 0.3) is 0 Å². The van der Waals surface area contributed by atoms with Gasteiger partial charge in [-0.2, -0.15) is 0 Å². The number of hydrogen-bond acceptors (Lipinski definition) is 4. The van der Waals surface area contributed by atoms with Crippen LogP contribution < -0.4 is 15.4 Å². The first-order valence-corrected chi connectivity index (χ1v) is 10.2. The Bertz CT molecular complexity index is 555. The van der Waals surface area contributed by atoms with Gasteiger partial charge in [-0.05, 0) is 42.8 Å². The molecule has 5 nitrogen and oxygen atoms in total. The predicted octanol–water partition coefficient (Wildman–Crippen LogP) is 2.87. The molecule has 2 N–H and O–H groups in total. The van der Waals surface area contributed by atoms with E-state index in [0.717, 1.165) is 43.7 Å². The molecule has 2 aliphatic rings. The average Bonchev–Trinajstić information content (AvgIpc) is 2.70. The van der Waals surface area contributed by atoms with Crippen molar-refractivity contribution in [2.45, 2.75) is 44.2 Å². The summed E-state index contributed by atoms with van der Waals surface area (Å²) in [5.41, 5.74) is 1.28. The van der Waals surface area contributed by atoms with Crippen LogP contribution in [0.1, 0.15) is 43.7 Å². The summed E-state index contributed by atoms with van der Waals surface area (Å²) in [6.45, 7) is 4.27. The monoisotopic (exact) mass is 377 g/mol. The molecule has 2 fully saturated rings. The molecule has 0 spiro atoms. The van der Waals surface area contributed by atoms with E-state index in [4.69, 9.17) is 21.7 Å². The highest BCUT2D eigenvalue weighted by molar-refractivity contribution is 7.80. The van der Waals surface area contributed by atoms with Gasteiger partial charge in [0.1, 0.15) is 5.75 Å². The Balaban J connectivity index is 1.59. The zero-order valence-corrected chi connectivity index (χ0v) is 16.5. The minimum absolute atomic E-state index is 0.274. The second-order valence-corrected chi connectivity index (χ2v) is 7.53. The minimum Gasteiger partial charge on any atom is -0.497 e. The zero-order chi connectivity index (χ0) is 18.2. The van der Waals surface area contributed by atoms with E-state index in [9.17, 15) is 0 Å². The molecule has 26 heavy (non-hydrogen) atoms. The number of ether oxygens (including phenoxy) is 2. The van der Waals surface area contributed by atoms with Gasteiger partial charge in [-0.1, -0.05) is 31.4 Å². The molecule has 1 atom stereocenters. The smallest absolute Gasteiger partial charge is 0.166 e. The van der Waals surface area contributed by atoms with E-state index in [0.29, 0.717) is 6.04 Å². The van der Waals surface area contributed by atoms with Crippen molar-refractivity contribution in [1.82, 2.24) is 15.5 Å². The van der Waals surface area contributed by atoms with Crippen LogP contribution in [0.4, 0.5) is 0 Å². The van der Waals surface area contributed by atoms with Crippen molar-refractivity contribution in [2.75, 3.05) is 40.0 Å². The standard InChI is InChI=1S/C20H31N3O2S/c1-24-18-9-7-16(8-10-18)19(23-11-13-25-14-12-23)15-21-20(26)22-17-5-3-2-4-6-17/h7-10,17,19H,2-6,11-15H2,1H3,(H2,21,22,26). The maximum Gasteiger partial charge on any atom is 0.166 e. The minimum atomic E-state index is 0.274. The normalized spacial score (nSPS) is 20.3. The molecule has 1 unspecified atom stereocenters. The second kappa shape index (κ2) is 10.1. The van der Waals surface area contributed by atoms with Crippen LogP contribution in [0.2, 0.25) is 0 Å². The average molecular weight is 378 g/mol. The number of hydrogen-bond donors (Lipinski definition) is 2. The second-order valence-electron chi connectivity index (χ2n) is 7.13. The Morgan fingerprint density at radius 3 is 2.54 bits per heavy atom. The fraction of sp³-hybridized carbons (Fsp3) is 0.650. The summed E-state index contributed by atoms with van der Waals surface area (Å²) in [6.07, 6.45) is 6.43. The Morgan fingerprint density at radius 2 is 1.88 bits per heavy atom. The number of methoxy groups -OCH3 is 1. The zero-order valence-electron chi connectivity index (χ0n) is 15.7. The summed E-state index contributed by atoms with van der Waals surface area (Å²) in [6, 6.07) is 9.17. The quantitative estimate of drug-likeness (QED) is 0.744. The van der Waals surface area contributed by atoms with Crippen molar-refractivity contribution < 1.29 is 9.47 Å². The van der Waals surface area contributed by atoms with Crippen LogP contribution in [0, 0.1) is 0 Å². The van der Waals surface area contributed by atoms with Crippen LogP contribution in [0.25, 0.3) is 0 Å². The first-order chi connectivity index (χ1) is 12.8. The summed E-state index contributed by atoms with van der Waals surface area (Å²) >= 11 is 5.56. The van der Waals surface area contributed by atoms with Crippen LogP contribution in [0.15, 0.2) is 24.3 Å². The molecule has 1 aromatic rings. The van der Waals surface area contributed by atoms with Gasteiger partial charge in [0.2, 0.25) is 0 Å². The molecule has 1 aromatic carbocycles. The van der Waals surface area contributed by atoms with Crippen LogP contribution in [0.3, 0.4) is 0 Å². The molecule has 0 bridgehead atoms. The fourth-order valence-corrected chi connectivity index (χ4v) is 4.10. The van der Waals surface area contributed by atoms with E-state index in [1.54, 1.807) is 7.11 Å². The number of nitrogens with one attached hydrogen (secondary N) is 2. The lowest BCUT2D eigenvalue weighted by molar-refractivity contribution is 0.0170. The lowest BCUT2D eigenvalue weighted by Crippen LogP contribution is -2.47. The highest BCUT2D eigenvalue weighted by Crippen LogP contribution is 2.24. The summed E-state index contributed by atoms with van der Waals surface area (Å²) in [4.78, 5) is 2.47. The fourth-order valence-electron chi connectivity index (χ4n) is 3.85. The highest BCUT2D eigenvalue weighted by Gasteiger charge is 2.23. The molecule has 0 amide bonds. The summed E-state index contributed by atoms with van der Waals surface area (Å²) in [5, 5.41) is 7.75. The molecular weight excluding hydrogens is 346 g/mol. The van der Waals surface area contributed by atoms with Crippen LogP contribution in [0.5, 0.6) is 5.75 Å². The van der Waals surface area contributed by atoms with Gasteiger partial charge in [0.15, 0.2) is 5.11 Å². The maximum absolute atomic E-state index is 5.56. The third kappa shape index (κ3) is 5.56. The van der Waals surface area contributed by atoms with E-state index in [2.05, 4.69) is 27.7 Å². The molecule has 0 aromatic heterocycles. The van der Waals surface area contributed by atoms with Gasteiger partial charge in [-0.25, -0.2) is 0 Å². The molecule has 1 aliphatic carbocycles. The highest BCUT2D eigenvalue weighted by atomic mass is 32.1. The summed E-state index contributed by atoms with van der Waals surface area (Å²) in [5.74, 6) is 0.886. The number of benzene rings is 1. The maximum atomic E-state index is 5.56. The van der Waals surface area contributed by atoms with Gasteiger partial charge in [0.05, 0.1) is 26.4 Å². The van der Waals surface area contributed by atoms with Crippen molar-refractivity contribution in [3.63, 3.8) is 0 Å². The van der Waals surface area contributed by atoms with Crippen LogP contribution >= 0.6 is 12.2 Å². The molecule has 6 heteroatoms. The van der Waals surface area contributed by atoms with Crippen molar-refractivity contribution in [1.29, 1.82) is 0 Å². The largest absolute Gasteiger partial charge is 0.497 e. The third-order valence-corrected chi connectivity index (χ3v) is 5.65. The Kier molecular flexibility index (Phi) is 7.53. The van der Waals surface area contributed by atoms with E-state index < -0.39 is 0 Å². The third-order valence-electron chi connectivity index (χ3n) is 5.38. The lowest BCUT2D eigenvalue weighted by Gasteiger charge is -2.35. The Labute approximate surface area is 162 Å². The van der Waals surface area contributed by atoms with E-state index in [1.165, 1.54) is 37.7 Å². The van der Waals surface area contributed by atoms with Gasteiger partial charge < -0.3 is 20.1 Å². The van der Waals surface area contributed by atoms with Crippen molar-refractivity contribution >= 4 is 17.3 Å². The summed E-state index contributed by atoms with van der Waals surface area (Å²) < 4.78 is 10.8. The molecule has 1 aliphatic heterocycles. The molecule has 1 saturated carbocycles.